The number of anilines is 1. The van der Waals surface area contributed by atoms with Crippen LogP contribution in [0.15, 0.2) is 53.5 Å². The van der Waals surface area contributed by atoms with Crippen molar-refractivity contribution in [2.45, 2.75) is 26.3 Å². The quantitative estimate of drug-likeness (QED) is 0.525. The van der Waals surface area contributed by atoms with Gasteiger partial charge in [0.1, 0.15) is 12.3 Å². The molecule has 166 valence electrons. The van der Waals surface area contributed by atoms with Gasteiger partial charge in [-0.25, -0.2) is 4.79 Å². The molecule has 31 heavy (non-hydrogen) atoms. The van der Waals surface area contributed by atoms with E-state index < -0.39 is 25.4 Å². The molecule has 0 saturated carbocycles. The number of rotatable bonds is 6. The van der Waals surface area contributed by atoms with Crippen LogP contribution in [0, 0.1) is 6.92 Å². The number of aliphatic imine (C=N–C) groups is 1. The molecular formula is C20H18F5N3O2S. The number of thioether (sulfide) groups is 1. The second-order valence-electron chi connectivity index (χ2n) is 6.64. The molecule has 0 atom stereocenters. The fraction of sp³-hybridized carbons (Fsp3) is 0.300. The van der Waals surface area contributed by atoms with Gasteiger partial charge < -0.3 is 4.74 Å². The molecule has 1 fully saturated rings. The average Bonchev–Trinajstić information content (AvgIpc) is 2.69. The third-order valence-electron chi connectivity index (χ3n) is 4.24. The maximum absolute atomic E-state index is 13.1. The second kappa shape index (κ2) is 9.54. The maximum atomic E-state index is 13.1. The van der Waals surface area contributed by atoms with Gasteiger partial charge in [-0.1, -0.05) is 41.6 Å². The van der Waals surface area contributed by atoms with Crippen LogP contribution >= 0.6 is 11.8 Å². The summed E-state index contributed by atoms with van der Waals surface area (Å²) in [5.74, 6) is 0.0667. The minimum atomic E-state index is -4.61. The van der Waals surface area contributed by atoms with Crippen molar-refractivity contribution >= 4 is 28.6 Å². The fourth-order valence-corrected chi connectivity index (χ4v) is 3.73. The van der Waals surface area contributed by atoms with Crippen LogP contribution in [0.3, 0.4) is 0 Å². The first-order chi connectivity index (χ1) is 14.6. The monoisotopic (exact) mass is 459 g/mol. The first-order valence-corrected chi connectivity index (χ1v) is 10.0. The Morgan fingerprint density at radius 3 is 2.32 bits per heavy atom. The Kier molecular flexibility index (Phi) is 7.04. The summed E-state index contributed by atoms with van der Waals surface area (Å²) in [7, 11) is 0. The molecule has 11 heteroatoms. The topological polar surface area (TPSA) is 45.1 Å². The van der Waals surface area contributed by atoms with Gasteiger partial charge in [0.15, 0.2) is 5.17 Å². The molecule has 3 rings (SSSR count). The number of carbonyl (C=O) groups excluding carboxylic acids is 1. The van der Waals surface area contributed by atoms with Crippen LogP contribution in [0.5, 0.6) is 5.75 Å². The minimum Gasteiger partial charge on any atom is -0.435 e. The van der Waals surface area contributed by atoms with Gasteiger partial charge >= 0.3 is 18.8 Å². The molecule has 0 radical (unpaired) electrons. The molecule has 0 spiro atoms. The summed E-state index contributed by atoms with van der Waals surface area (Å²) in [5.41, 5.74) is 2.01. The van der Waals surface area contributed by atoms with E-state index in [1.165, 1.54) is 29.2 Å². The number of urea groups is 1. The van der Waals surface area contributed by atoms with E-state index in [2.05, 4.69) is 9.73 Å². The third kappa shape index (κ3) is 6.33. The Bertz CT molecular complexity index is 933. The van der Waals surface area contributed by atoms with Crippen LogP contribution in [0.1, 0.15) is 11.1 Å². The normalized spacial score (nSPS) is 16.4. The molecule has 2 aromatic rings. The van der Waals surface area contributed by atoms with Gasteiger partial charge in [-0.2, -0.15) is 22.0 Å². The van der Waals surface area contributed by atoms with E-state index in [-0.39, 0.29) is 23.3 Å². The smallest absolute Gasteiger partial charge is 0.406 e. The maximum Gasteiger partial charge on any atom is 0.406 e. The summed E-state index contributed by atoms with van der Waals surface area (Å²) in [4.78, 5) is 18.9. The number of ether oxygens (including phenoxy) is 1. The summed E-state index contributed by atoms with van der Waals surface area (Å²) in [6, 6.07) is 11.6. The zero-order valence-corrected chi connectivity index (χ0v) is 17.1. The van der Waals surface area contributed by atoms with Gasteiger partial charge in [0.05, 0.1) is 12.4 Å². The third-order valence-corrected chi connectivity index (χ3v) is 5.24. The molecule has 1 aliphatic rings. The number of alkyl halides is 5. The predicted octanol–water partition coefficient (Wildman–Crippen LogP) is 5.65. The Hall–Kier alpha value is -2.82. The van der Waals surface area contributed by atoms with Gasteiger partial charge in [0.25, 0.3) is 0 Å². The lowest BCUT2D eigenvalue weighted by molar-refractivity contribution is -0.133. The predicted molar refractivity (Wildman–Crippen MR) is 108 cm³/mol. The largest absolute Gasteiger partial charge is 0.435 e. The summed E-state index contributed by atoms with van der Waals surface area (Å²) in [6.45, 7) is -2.59. The lowest BCUT2D eigenvalue weighted by Gasteiger charge is -2.36. The summed E-state index contributed by atoms with van der Waals surface area (Å²) in [6.07, 6.45) is -4.61. The number of halogens is 5. The van der Waals surface area contributed by atoms with E-state index >= 15 is 0 Å². The first kappa shape index (κ1) is 22.9. The number of hydrogen-bond acceptors (Lipinski definition) is 4. The second-order valence-corrected chi connectivity index (χ2v) is 7.55. The van der Waals surface area contributed by atoms with Crippen LogP contribution in [0.2, 0.25) is 0 Å². The lowest BCUT2D eigenvalue weighted by atomic mass is 10.2. The summed E-state index contributed by atoms with van der Waals surface area (Å²) >= 11 is 1.01. The van der Waals surface area contributed by atoms with Crippen LogP contribution in [0.25, 0.3) is 0 Å². The number of aryl methyl sites for hydroxylation is 1. The van der Waals surface area contributed by atoms with Crippen molar-refractivity contribution < 1.29 is 31.5 Å². The number of benzene rings is 2. The molecule has 5 nitrogen and oxygen atoms in total. The first-order valence-electron chi connectivity index (χ1n) is 9.06. The van der Waals surface area contributed by atoms with Crippen molar-refractivity contribution in [2.75, 3.05) is 17.3 Å². The van der Waals surface area contributed by atoms with E-state index in [9.17, 15) is 26.7 Å². The Morgan fingerprint density at radius 1 is 1.10 bits per heavy atom. The van der Waals surface area contributed by atoms with Crippen LogP contribution in [-0.2, 0) is 6.54 Å². The zero-order valence-electron chi connectivity index (χ0n) is 16.3. The van der Waals surface area contributed by atoms with Crippen molar-refractivity contribution in [1.82, 2.24) is 4.90 Å². The standard InChI is InChI=1S/C20H18F5N3O2S/c1-13-2-6-15(7-3-13)28-12-31-18(27(19(28)29)11-20(23,24)25)26-10-14-4-8-16(9-5-14)30-17(21)22/h2-9,17H,10-12H2,1H3/b26-18-. The van der Waals surface area contributed by atoms with Gasteiger partial charge in [0, 0.05) is 5.69 Å². The van der Waals surface area contributed by atoms with E-state index in [4.69, 9.17) is 0 Å². The summed E-state index contributed by atoms with van der Waals surface area (Å²) in [5, 5.41) is -0.0569. The van der Waals surface area contributed by atoms with Crippen molar-refractivity contribution in [2.24, 2.45) is 4.99 Å². The molecule has 0 aliphatic carbocycles. The molecule has 0 bridgehead atoms. The van der Waals surface area contributed by atoms with E-state index in [1.807, 2.05) is 6.92 Å². The fourth-order valence-electron chi connectivity index (χ4n) is 2.77. The van der Waals surface area contributed by atoms with Crippen molar-refractivity contribution in [3.8, 4) is 5.75 Å². The Morgan fingerprint density at radius 2 is 1.74 bits per heavy atom. The molecule has 2 aromatic carbocycles. The van der Waals surface area contributed by atoms with E-state index in [0.717, 1.165) is 17.3 Å². The summed E-state index contributed by atoms with van der Waals surface area (Å²) < 4.78 is 68.1. The van der Waals surface area contributed by atoms with Crippen LogP contribution in [-0.4, -0.2) is 41.3 Å². The molecule has 0 unspecified atom stereocenters. The molecular weight excluding hydrogens is 441 g/mol. The highest BCUT2D eigenvalue weighted by Crippen LogP contribution is 2.30. The van der Waals surface area contributed by atoms with Crippen molar-refractivity contribution in [3.05, 3.63) is 59.7 Å². The van der Waals surface area contributed by atoms with E-state index in [0.29, 0.717) is 16.2 Å². The highest BCUT2D eigenvalue weighted by atomic mass is 32.2. The van der Waals surface area contributed by atoms with Crippen molar-refractivity contribution in [1.29, 1.82) is 0 Å². The highest BCUT2D eigenvalue weighted by molar-refractivity contribution is 8.14. The van der Waals surface area contributed by atoms with Crippen LogP contribution in [0.4, 0.5) is 32.4 Å². The zero-order chi connectivity index (χ0) is 22.6. The average molecular weight is 459 g/mol. The molecule has 1 aliphatic heterocycles. The van der Waals surface area contributed by atoms with Crippen LogP contribution < -0.4 is 9.64 Å². The number of hydrogen-bond donors (Lipinski definition) is 0. The molecule has 0 N–H and O–H groups in total. The number of carbonyl (C=O) groups is 1. The van der Waals surface area contributed by atoms with E-state index in [1.54, 1.807) is 24.3 Å². The van der Waals surface area contributed by atoms with Gasteiger partial charge in [-0.3, -0.25) is 14.8 Å². The Labute approximate surface area is 179 Å². The lowest BCUT2D eigenvalue weighted by Crippen LogP contribution is -2.53. The molecule has 1 heterocycles. The van der Waals surface area contributed by atoms with Gasteiger partial charge in [0.2, 0.25) is 0 Å². The van der Waals surface area contributed by atoms with Crippen molar-refractivity contribution in [3.63, 3.8) is 0 Å². The van der Waals surface area contributed by atoms with Gasteiger partial charge in [-0.15, -0.1) is 0 Å². The molecule has 1 saturated heterocycles. The molecule has 2 amide bonds. The number of nitrogens with zero attached hydrogens (tertiary/aromatic N) is 3. The SMILES string of the molecule is Cc1ccc(N2CS/C(=N\Cc3ccc(OC(F)F)cc3)N(CC(F)(F)F)C2=O)cc1. The highest BCUT2D eigenvalue weighted by Gasteiger charge is 2.40. The Balaban J connectivity index is 1.78. The number of amides is 2. The number of amidine groups is 1. The minimum absolute atomic E-state index is 0.0243. The molecule has 0 aromatic heterocycles. The van der Waals surface area contributed by atoms with Gasteiger partial charge in [-0.05, 0) is 36.8 Å².